The maximum Gasteiger partial charge on any atom is 0.352 e. The van der Waals surface area contributed by atoms with Crippen molar-refractivity contribution in [2.45, 2.75) is 11.4 Å². The van der Waals surface area contributed by atoms with Crippen LogP contribution in [0.15, 0.2) is 40.0 Å². The average Bonchev–Trinajstić information content (AvgIpc) is 3.21. The molecule has 13 heteroatoms. The summed E-state index contributed by atoms with van der Waals surface area (Å²) >= 11 is 2.47. The summed E-state index contributed by atoms with van der Waals surface area (Å²) in [5, 5.41) is 25.0. The number of β-lactam (4-membered cyclic amide) rings is 1. The fourth-order valence-electron chi connectivity index (χ4n) is 2.70. The Hall–Kier alpha value is -3.19. The molecule has 0 bridgehead atoms. The summed E-state index contributed by atoms with van der Waals surface area (Å²) in [5.74, 6) is -3.59. The molecule has 11 nitrogen and oxygen atoms in total. The van der Waals surface area contributed by atoms with Gasteiger partial charge in [0.2, 0.25) is 6.61 Å². The van der Waals surface area contributed by atoms with Crippen molar-refractivity contribution in [2.24, 2.45) is 5.16 Å². The van der Waals surface area contributed by atoms with E-state index in [1.807, 2.05) is 0 Å². The molecule has 0 aliphatic carbocycles. The van der Waals surface area contributed by atoms with Crippen molar-refractivity contribution >= 4 is 52.6 Å². The lowest BCUT2D eigenvalue weighted by atomic mass is 10.0. The molecular weight excluding hydrogens is 424 g/mol. The molecule has 1 aromatic heterocycles. The topological polar surface area (TPSA) is 158 Å². The summed E-state index contributed by atoms with van der Waals surface area (Å²) in [6, 6.07) is -0.975. The molecule has 2 unspecified atom stereocenters. The molecule has 0 radical (unpaired) electrons. The molecule has 2 amide bonds. The molecule has 0 saturated carbocycles. The van der Waals surface area contributed by atoms with Crippen LogP contribution in [-0.4, -0.2) is 73.3 Å². The van der Waals surface area contributed by atoms with Crippen LogP contribution >= 0.6 is 23.1 Å². The molecule has 3 N–H and O–H groups in total. The minimum absolute atomic E-state index is 0.151. The SMILES string of the molecule is C=CC1=C(C(=O)O)N2C(=O)C(NC(=O)/C(=N/OCC(=O)O)c3cscn3)C2SC1. The molecule has 2 aliphatic heterocycles. The molecule has 0 aromatic carbocycles. The van der Waals surface area contributed by atoms with Crippen LogP contribution in [0.25, 0.3) is 0 Å². The van der Waals surface area contributed by atoms with Crippen LogP contribution in [0.2, 0.25) is 0 Å². The number of thiazole rings is 1. The maximum absolute atomic E-state index is 12.6. The van der Waals surface area contributed by atoms with Gasteiger partial charge in [0, 0.05) is 11.1 Å². The Morgan fingerprint density at radius 1 is 1.45 bits per heavy atom. The first-order valence-corrected chi connectivity index (χ1v) is 9.99. The molecule has 29 heavy (non-hydrogen) atoms. The number of oxime groups is 1. The molecule has 3 rings (SSSR count). The van der Waals surface area contributed by atoms with E-state index < -0.39 is 41.8 Å². The van der Waals surface area contributed by atoms with Crippen molar-refractivity contribution in [2.75, 3.05) is 12.4 Å². The highest BCUT2D eigenvalue weighted by molar-refractivity contribution is 8.00. The zero-order valence-corrected chi connectivity index (χ0v) is 16.2. The van der Waals surface area contributed by atoms with Crippen LogP contribution in [0, 0.1) is 0 Å². The lowest BCUT2D eigenvalue weighted by molar-refractivity contribution is -0.150. The minimum Gasteiger partial charge on any atom is -0.479 e. The normalized spacial score (nSPS) is 21.2. The molecule has 2 atom stereocenters. The quantitative estimate of drug-likeness (QED) is 0.286. The first kappa shape index (κ1) is 20.5. The van der Waals surface area contributed by atoms with E-state index >= 15 is 0 Å². The van der Waals surface area contributed by atoms with E-state index in [0.717, 1.165) is 4.90 Å². The number of fused-ring (bicyclic) bond motifs is 1. The third-order valence-electron chi connectivity index (χ3n) is 3.97. The van der Waals surface area contributed by atoms with Crippen LogP contribution in [0.1, 0.15) is 5.69 Å². The third kappa shape index (κ3) is 4.00. The van der Waals surface area contributed by atoms with Gasteiger partial charge in [0.1, 0.15) is 22.8 Å². The molecular formula is C16H14N4O7S2. The fourth-order valence-corrected chi connectivity index (χ4v) is 4.57. The number of carbonyl (C=O) groups excluding carboxylic acids is 2. The Kier molecular flexibility index (Phi) is 5.98. The van der Waals surface area contributed by atoms with E-state index in [-0.39, 0.29) is 17.1 Å². The maximum atomic E-state index is 12.6. The molecule has 152 valence electrons. The molecule has 1 saturated heterocycles. The molecule has 1 fully saturated rings. The number of hydrogen-bond acceptors (Lipinski definition) is 9. The fraction of sp³-hybridized carbons (Fsp3) is 0.250. The van der Waals surface area contributed by atoms with Crippen LogP contribution in [0.3, 0.4) is 0 Å². The predicted octanol–water partition coefficient (Wildman–Crippen LogP) is -0.127. The van der Waals surface area contributed by atoms with E-state index in [2.05, 4.69) is 26.9 Å². The standard InChI is InChI=1S/C16H14N4O7S2/c1-2-7-4-29-15-11(14(24)20(15)12(7)16(25)26)18-13(23)10(8-5-28-6-17-8)19-27-3-9(21)22/h2,5-6,11,15H,1,3-4H2,(H,18,23)(H,21,22)(H,25,26)/b19-10+. The summed E-state index contributed by atoms with van der Waals surface area (Å²) in [6.07, 6.45) is 1.39. The number of carbonyl (C=O) groups is 4. The molecule has 2 aliphatic rings. The van der Waals surface area contributed by atoms with Gasteiger partial charge in [-0.1, -0.05) is 17.8 Å². The van der Waals surface area contributed by atoms with Gasteiger partial charge in [-0.3, -0.25) is 14.5 Å². The third-order valence-corrected chi connectivity index (χ3v) is 5.86. The van der Waals surface area contributed by atoms with E-state index in [9.17, 15) is 24.3 Å². The summed E-state index contributed by atoms with van der Waals surface area (Å²) in [5.41, 5.74) is 1.57. The zero-order valence-electron chi connectivity index (χ0n) is 14.6. The van der Waals surface area contributed by atoms with E-state index in [4.69, 9.17) is 5.11 Å². The number of nitrogens with zero attached hydrogens (tertiary/aromatic N) is 3. The van der Waals surface area contributed by atoms with Crippen LogP contribution < -0.4 is 5.32 Å². The van der Waals surface area contributed by atoms with Gasteiger partial charge in [0.25, 0.3) is 11.8 Å². The summed E-state index contributed by atoms with van der Waals surface area (Å²) in [6.45, 7) is 2.81. The number of thioether (sulfide) groups is 1. The number of allylic oxidation sites excluding steroid dienone is 1. The van der Waals surface area contributed by atoms with Gasteiger partial charge in [-0.15, -0.1) is 23.1 Å². The Morgan fingerprint density at radius 3 is 2.79 bits per heavy atom. The molecule has 3 heterocycles. The number of carboxylic acid groups (broad SMARTS) is 2. The van der Waals surface area contributed by atoms with E-state index in [1.165, 1.54) is 40.1 Å². The summed E-state index contributed by atoms with van der Waals surface area (Å²) < 4.78 is 0. The van der Waals surface area contributed by atoms with Crippen molar-refractivity contribution in [3.05, 3.63) is 40.5 Å². The number of aliphatic carboxylic acids is 2. The van der Waals surface area contributed by atoms with Gasteiger partial charge in [-0.05, 0) is 5.57 Å². The second kappa shape index (κ2) is 8.45. The van der Waals surface area contributed by atoms with Gasteiger partial charge < -0.3 is 20.4 Å². The highest BCUT2D eigenvalue weighted by Crippen LogP contribution is 2.40. The predicted molar refractivity (Wildman–Crippen MR) is 102 cm³/mol. The Labute approximate surface area is 171 Å². The number of amides is 2. The lowest BCUT2D eigenvalue weighted by Crippen LogP contribution is -2.71. The first-order valence-electron chi connectivity index (χ1n) is 7.99. The van der Waals surface area contributed by atoms with E-state index in [0.29, 0.717) is 11.3 Å². The van der Waals surface area contributed by atoms with Crippen molar-refractivity contribution < 1.29 is 34.2 Å². The second-order valence-electron chi connectivity index (χ2n) is 5.72. The molecule has 0 spiro atoms. The number of aromatic nitrogens is 1. The van der Waals surface area contributed by atoms with Gasteiger partial charge in [0.05, 0.1) is 5.51 Å². The number of carboxylic acids is 2. The monoisotopic (exact) mass is 438 g/mol. The van der Waals surface area contributed by atoms with Crippen LogP contribution in [-0.2, 0) is 24.0 Å². The highest BCUT2D eigenvalue weighted by atomic mass is 32.2. The van der Waals surface area contributed by atoms with Crippen molar-refractivity contribution in [3.8, 4) is 0 Å². The van der Waals surface area contributed by atoms with Gasteiger partial charge in [-0.25, -0.2) is 14.6 Å². The van der Waals surface area contributed by atoms with Crippen LogP contribution in [0.4, 0.5) is 0 Å². The summed E-state index contributed by atoms with van der Waals surface area (Å²) in [4.78, 5) is 57.0. The zero-order chi connectivity index (χ0) is 21.1. The van der Waals surface area contributed by atoms with Gasteiger partial charge in [-0.2, -0.15) is 0 Å². The Morgan fingerprint density at radius 2 is 2.21 bits per heavy atom. The number of nitrogens with one attached hydrogen (secondary N) is 1. The van der Waals surface area contributed by atoms with Gasteiger partial charge in [0.15, 0.2) is 5.71 Å². The number of rotatable bonds is 8. The Balaban J connectivity index is 1.77. The Bertz CT molecular complexity index is 941. The second-order valence-corrected chi connectivity index (χ2v) is 7.55. The largest absolute Gasteiger partial charge is 0.479 e. The summed E-state index contributed by atoms with van der Waals surface area (Å²) in [7, 11) is 0. The average molecular weight is 438 g/mol. The first-order chi connectivity index (χ1) is 13.8. The lowest BCUT2D eigenvalue weighted by Gasteiger charge is -2.49. The van der Waals surface area contributed by atoms with E-state index in [1.54, 1.807) is 0 Å². The van der Waals surface area contributed by atoms with Gasteiger partial charge >= 0.3 is 11.9 Å². The van der Waals surface area contributed by atoms with Crippen molar-refractivity contribution in [3.63, 3.8) is 0 Å². The van der Waals surface area contributed by atoms with Crippen LogP contribution in [0.5, 0.6) is 0 Å². The number of hydrogen-bond donors (Lipinski definition) is 3. The van der Waals surface area contributed by atoms with Crippen molar-refractivity contribution in [1.29, 1.82) is 0 Å². The van der Waals surface area contributed by atoms with Crippen molar-refractivity contribution in [1.82, 2.24) is 15.2 Å². The highest BCUT2D eigenvalue weighted by Gasteiger charge is 2.54. The smallest absolute Gasteiger partial charge is 0.352 e. The minimum atomic E-state index is -1.28. The molecule has 1 aromatic rings.